The minimum absolute atomic E-state index is 0.153. The molecule has 0 heterocycles. The summed E-state index contributed by atoms with van der Waals surface area (Å²) in [5, 5.41) is 2.71. The average molecular weight is 380 g/mol. The molecule has 8 heteroatoms. The molecule has 0 saturated carbocycles. The topological polar surface area (TPSA) is 75.7 Å². The summed E-state index contributed by atoms with van der Waals surface area (Å²) in [6.07, 6.45) is 1.13. The van der Waals surface area contributed by atoms with Crippen LogP contribution >= 0.6 is 0 Å². The monoisotopic (exact) mass is 380 g/mol. The molecule has 140 valence electrons. The van der Waals surface area contributed by atoms with Crippen molar-refractivity contribution >= 4 is 21.4 Å². The summed E-state index contributed by atoms with van der Waals surface area (Å²) in [4.78, 5) is 14.0. The zero-order valence-corrected chi connectivity index (χ0v) is 15.4. The molecule has 0 saturated heterocycles. The number of carbonyl (C=O) groups excluding carboxylic acids is 1. The highest BCUT2D eigenvalue weighted by atomic mass is 32.2. The highest BCUT2D eigenvalue weighted by Crippen LogP contribution is 2.14. The maximum Gasteiger partial charge on any atom is 0.238 e. The van der Waals surface area contributed by atoms with E-state index in [2.05, 4.69) is 5.32 Å². The molecule has 0 aliphatic carbocycles. The van der Waals surface area contributed by atoms with Crippen molar-refractivity contribution in [3.05, 3.63) is 54.3 Å². The van der Waals surface area contributed by atoms with Gasteiger partial charge in [0.2, 0.25) is 5.91 Å². The van der Waals surface area contributed by atoms with Gasteiger partial charge in [0.1, 0.15) is 18.2 Å². The van der Waals surface area contributed by atoms with Crippen LogP contribution in [-0.4, -0.2) is 52.2 Å². The molecule has 0 atom stereocenters. The van der Waals surface area contributed by atoms with Gasteiger partial charge in [-0.25, -0.2) is 12.8 Å². The van der Waals surface area contributed by atoms with Gasteiger partial charge >= 0.3 is 0 Å². The first-order valence-electron chi connectivity index (χ1n) is 7.91. The zero-order chi connectivity index (χ0) is 19.2. The fourth-order valence-electron chi connectivity index (χ4n) is 2.16. The summed E-state index contributed by atoms with van der Waals surface area (Å²) < 4.78 is 41.1. The van der Waals surface area contributed by atoms with Gasteiger partial charge in [-0.05, 0) is 55.6 Å². The van der Waals surface area contributed by atoms with Gasteiger partial charge in [0, 0.05) is 18.5 Å². The van der Waals surface area contributed by atoms with Gasteiger partial charge in [0.05, 0.1) is 11.4 Å². The van der Waals surface area contributed by atoms with E-state index < -0.39 is 9.84 Å². The third kappa shape index (κ3) is 6.45. The number of halogens is 1. The molecule has 6 nitrogen and oxygen atoms in total. The first-order valence-corrected chi connectivity index (χ1v) is 9.80. The number of benzene rings is 2. The number of amides is 1. The molecule has 1 amide bonds. The van der Waals surface area contributed by atoms with Crippen molar-refractivity contribution in [3.63, 3.8) is 0 Å². The second-order valence-corrected chi connectivity index (χ2v) is 7.90. The van der Waals surface area contributed by atoms with Crippen molar-refractivity contribution in [3.8, 4) is 5.75 Å². The number of nitrogens with zero attached hydrogens (tertiary/aromatic N) is 1. The average Bonchev–Trinajstić information content (AvgIpc) is 2.56. The SMILES string of the molecule is CN(CCOc1ccc(F)cc1)CC(=O)Nc1ccc(S(C)(=O)=O)cc1. The maximum atomic E-state index is 12.8. The summed E-state index contributed by atoms with van der Waals surface area (Å²) in [6, 6.07) is 11.7. The molecule has 2 aromatic carbocycles. The molecule has 1 N–H and O–H groups in total. The highest BCUT2D eigenvalue weighted by Gasteiger charge is 2.09. The summed E-state index contributed by atoms with van der Waals surface area (Å²) in [7, 11) is -1.48. The Morgan fingerprint density at radius 1 is 1.12 bits per heavy atom. The van der Waals surface area contributed by atoms with E-state index in [1.54, 1.807) is 36.2 Å². The van der Waals surface area contributed by atoms with Gasteiger partial charge in [-0.3, -0.25) is 9.69 Å². The standard InChI is InChI=1S/C18H21FN2O4S/c1-21(11-12-25-16-7-3-14(19)4-8-16)13-18(22)20-15-5-9-17(10-6-15)26(2,23)24/h3-10H,11-13H2,1-2H3,(H,20,22). The molecule has 2 aromatic rings. The fourth-order valence-corrected chi connectivity index (χ4v) is 2.79. The second kappa shape index (κ2) is 8.77. The summed E-state index contributed by atoms with van der Waals surface area (Å²) in [5.74, 6) is 0.0207. The fraction of sp³-hybridized carbons (Fsp3) is 0.278. The van der Waals surface area contributed by atoms with Crippen LogP contribution in [0.2, 0.25) is 0 Å². The van der Waals surface area contributed by atoms with Crippen LogP contribution in [0.5, 0.6) is 5.75 Å². The van der Waals surface area contributed by atoms with Crippen molar-refractivity contribution < 1.29 is 22.3 Å². The molecule has 0 bridgehead atoms. The lowest BCUT2D eigenvalue weighted by Gasteiger charge is -2.16. The predicted octanol–water partition coefficient (Wildman–Crippen LogP) is 2.18. The molecule has 0 spiro atoms. The number of rotatable bonds is 8. The lowest BCUT2D eigenvalue weighted by molar-refractivity contribution is -0.117. The largest absolute Gasteiger partial charge is 0.492 e. The third-order valence-corrected chi connectivity index (χ3v) is 4.66. The van der Waals surface area contributed by atoms with Gasteiger partial charge in [0.15, 0.2) is 9.84 Å². The van der Waals surface area contributed by atoms with E-state index >= 15 is 0 Å². The Labute approximate surface area is 152 Å². The maximum absolute atomic E-state index is 12.8. The number of sulfone groups is 1. The number of hydrogen-bond acceptors (Lipinski definition) is 5. The molecular weight excluding hydrogens is 359 g/mol. The number of ether oxygens (including phenoxy) is 1. The second-order valence-electron chi connectivity index (χ2n) is 5.88. The minimum Gasteiger partial charge on any atom is -0.492 e. The van der Waals surface area contributed by atoms with Crippen LogP contribution < -0.4 is 10.1 Å². The molecular formula is C18H21FN2O4S. The Hall–Kier alpha value is -2.45. The molecule has 2 rings (SSSR count). The molecule has 0 aromatic heterocycles. The van der Waals surface area contributed by atoms with E-state index in [1.165, 1.54) is 24.3 Å². The van der Waals surface area contributed by atoms with E-state index in [9.17, 15) is 17.6 Å². The summed E-state index contributed by atoms with van der Waals surface area (Å²) >= 11 is 0. The molecule has 0 fully saturated rings. The number of hydrogen-bond donors (Lipinski definition) is 1. The lowest BCUT2D eigenvalue weighted by atomic mass is 10.3. The Kier molecular flexibility index (Phi) is 6.70. The van der Waals surface area contributed by atoms with Crippen molar-refractivity contribution in [1.29, 1.82) is 0 Å². The van der Waals surface area contributed by atoms with Crippen LogP contribution in [-0.2, 0) is 14.6 Å². The highest BCUT2D eigenvalue weighted by molar-refractivity contribution is 7.90. The van der Waals surface area contributed by atoms with E-state index in [4.69, 9.17) is 4.74 Å². The van der Waals surface area contributed by atoms with Gasteiger partial charge in [0.25, 0.3) is 0 Å². The first-order chi connectivity index (χ1) is 12.2. The molecule has 0 aliphatic rings. The number of likely N-dealkylation sites (N-methyl/N-ethyl adjacent to an activating group) is 1. The Morgan fingerprint density at radius 3 is 2.31 bits per heavy atom. The van der Waals surface area contributed by atoms with E-state index in [-0.39, 0.29) is 23.2 Å². The Morgan fingerprint density at radius 2 is 1.73 bits per heavy atom. The van der Waals surface area contributed by atoms with Gasteiger partial charge in [-0.15, -0.1) is 0 Å². The number of carbonyl (C=O) groups is 1. The van der Waals surface area contributed by atoms with Crippen LogP contribution in [0.3, 0.4) is 0 Å². The normalized spacial score (nSPS) is 11.4. The van der Waals surface area contributed by atoms with Crippen LogP contribution in [0.15, 0.2) is 53.4 Å². The lowest BCUT2D eigenvalue weighted by Crippen LogP contribution is -2.33. The van der Waals surface area contributed by atoms with Gasteiger partial charge < -0.3 is 10.1 Å². The van der Waals surface area contributed by atoms with Crippen molar-refractivity contribution in [1.82, 2.24) is 4.90 Å². The Bertz CT molecular complexity index is 836. The van der Waals surface area contributed by atoms with Crippen LogP contribution in [0, 0.1) is 5.82 Å². The summed E-state index contributed by atoms with van der Waals surface area (Å²) in [5.41, 5.74) is 0.526. The van der Waals surface area contributed by atoms with Crippen LogP contribution in [0.4, 0.5) is 10.1 Å². The smallest absolute Gasteiger partial charge is 0.238 e. The van der Waals surface area contributed by atoms with Crippen LogP contribution in [0.25, 0.3) is 0 Å². The molecule has 26 heavy (non-hydrogen) atoms. The molecule has 0 radical (unpaired) electrons. The minimum atomic E-state index is -3.26. The predicted molar refractivity (Wildman–Crippen MR) is 97.6 cm³/mol. The van der Waals surface area contributed by atoms with Crippen LogP contribution in [0.1, 0.15) is 0 Å². The van der Waals surface area contributed by atoms with Gasteiger partial charge in [-0.2, -0.15) is 0 Å². The van der Waals surface area contributed by atoms with Crippen molar-refractivity contribution in [2.75, 3.05) is 38.3 Å². The summed E-state index contributed by atoms with van der Waals surface area (Å²) in [6.45, 7) is 1.02. The number of nitrogens with one attached hydrogen (secondary N) is 1. The van der Waals surface area contributed by atoms with Crippen molar-refractivity contribution in [2.24, 2.45) is 0 Å². The quantitative estimate of drug-likeness (QED) is 0.760. The Balaban J connectivity index is 1.75. The van der Waals surface area contributed by atoms with E-state index in [1.807, 2.05) is 0 Å². The zero-order valence-electron chi connectivity index (χ0n) is 14.6. The number of anilines is 1. The van der Waals surface area contributed by atoms with Crippen molar-refractivity contribution in [2.45, 2.75) is 4.90 Å². The third-order valence-electron chi connectivity index (χ3n) is 3.54. The van der Waals surface area contributed by atoms with E-state index in [0.29, 0.717) is 24.6 Å². The van der Waals surface area contributed by atoms with E-state index in [0.717, 1.165) is 6.26 Å². The molecule has 0 aliphatic heterocycles. The molecule has 0 unspecified atom stereocenters. The van der Waals surface area contributed by atoms with Gasteiger partial charge in [-0.1, -0.05) is 0 Å². The first kappa shape index (κ1) is 19.9.